The highest BCUT2D eigenvalue weighted by atomic mass is 16.5. The zero-order valence-electron chi connectivity index (χ0n) is 25.1. The van der Waals surface area contributed by atoms with Crippen LogP contribution < -0.4 is 9.47 Å². The molecule has 0 saturated heterocycles. The largest absolute Gasteiger partial charge is 0.494 e. The minimum Gasteiger partial charge on any atom is -0.494 e. The molecule has 0 fully saturated rings. The van der Waals surface area contributed by atoms with Crippen LogP contribution in [0.15, 0.2) is 58.8 Å². The number of azo groups is 1. The predicted molar refractivity (Wildman–Crippen MR) is 164 cm³/mol. The van der Waals surface area contributed by atoms with Crippen molar-refractivity contribution in [1.29, 1.82) is 0 Å². The summed E-state index contributed by atoms with van der Waals surface area (Å²) < 4.78 is 12.5. The highest BCUT2D eigenvalue weighted by Crippen LogP contribution is 2.23. The highest BCUT2D eigenvalue weighted by molar-refractivity contribution is 5.44. The summed E-state index contributed by atoms with van der Waals surface area (Å²) >= 11 is 0. The number of rotatable bonds is 24. The summed E-state index contributed by atoms with van der Waals surface area (Å²) in [4.78, 5) is 0. The molecule has 0 unspecified atom stereocenters. The zero-order valence-corrected chi connectivity index (χ0v) is 25.1. The van der Waals surface area contributed by atoms with Crippen LogP contribution in [0.25, 0.3) is 0 Å². The summed E-state index contributed by atoms with van der Waals surface area (Å²) in [5, 5.41) is 27.4. The minimum atomic E-state index is 0.185. The summed E-state index contributed by atoms with van der Waals surface area (Å²) in [6, 6.07) is 15.5. The first kappa shape index (κ1) is 33.7. The first-order valence-corrected chi connectivity index (χ1v) is 15.6. The van der Waals surface area contributed by atoms with E-state index in [2.05, 4.69) is 24.1 Å². The molecule has 0 aliphatic heterocycles. The van der Waals surface area contributed by atoms with Crippen LogP contribution >= 0.6 is 0 Å². The topological polar surface area (TPSA) is 83.6 Å². The monoisotopic (exact) mass is 556 g/mol. The smallest absolute Gasteiger partial charge is 0.119 e. The van der Waals surface area contributed by atoms with Gasteiger partial charge in [0.2, 0.25) is 0 Å². The number of aliphatic hydroxyl groups excluding tert-OH is 2. The fourth-order valence-corrected chi connectivity index (χ4v) is 4.91. The second kappa shape index (κ2) is 21.3. The second-order valence-corrected chi connectivity index (χ2v) is 10.7. The number of benzene rings is 2. The van der Waals surface area contributed by atoms with Gasteiger partial charge in [0, 0.05) is 0 Å². The number of unbranched alkanes of at least 4 members (excludes halogenated alkanes) is 9. The molecule has 0 spiro atoms. The average Bonchev–Trinajstić information content (AvgIpc) is 2.98. The number of hydrogen-bond acceptors (Lipinski definition) is 6. The molecule has 2 aromatic carbocycles. The van der Waals surface area contributed by atoms with E-state index in [0.29, 0.717) is 0 Å². The normalized spacial score (nSPS) is 11.8. The van der Waals surface area contributed by atoms with Crippen molar-refractivity contribution in [1.82, 2.24) is 0 Å². The Balaban J connectivity index is 1.57. The molecule has 0 heterocycles. The van der Waals surface area contributed by atoms with Gasteiger partial charge in [-0.2, -0.15) is 10.2 Å². The number of ether oxygens (including phenoxy) is 2. The van der Waals surface area contributed by atoms with Crippen molar-refractivity contribution in [2.24, 2.45) is 10.2 Å². The molecule has 0 bridgehead atoms. The molecule has 224 valence electrons. The Kier molecular flexibility index (Phi) is 18.0. The van der Waals surface area contributed by atoms with Gasteiger partial charge >= 0.3 is 0 Å². The lowest BCUT2D eigenvalue weighted by Crippen LogP contribution is -2.52. The van der Waals surface area contributed by atoms with Crippen molar-refractivity contribution in [3.05, 3.63) is 48.5 Å². The van der Waals surface area contributed by atoms with Gasteiger partial charge in [-0.25, -0.2) is 0 Å². The molecule has 0 amide bonds. The second-order valence-electron chi connectivity index (χ2n) is 10.7. The quantitative estimate of drug-likeness (QED) is 0.0780. The van der Waals surface area contributed by atoms with Gasteiger partial charge in [-0.3, -0.25) is 0 Å². The van der Waals surface area contributed by atoms with E-state index in [1.54, 1.807) is 0 Å². The van der Waals surface area contributed by atoms with E-state index in [0.717, 1.165) is 92.4 Å². The molecule has 0 aromatic heterocycles. The van der Waals surface area contributed by atoms with Crippen molar-refractivity contribution in [2.75, 3.05) is 52.6 Å². The summed E-state index contributed by atoms with van der Waals surface area (Å²) in [7, 11) is 0. The fourth-order valence-electron chi connectivity index (χ4n) is 4.91. The van der Waals surface area contributed by atoms with Gasteiger partial charge in [0.1, 0.15) is 24.6 Å². The third-order valence-corrected chi connectivity index (χ3v) is 7.59. The van der Waals surface area contributed by atoms with Crippen molar-refractivity contribution >= 4 is 11.4 Å². The third-order valence-electron chi connectivity index (χ3n) is 7.59. The molecule has 7 heteroatoms. The van der Waals surface area contributed by atoms with E-state index in [4.69, 9.17) is 9.47 Å². The number of aliphatic hydroxyl groups is 2. The van der Waals surface area contributed by atoms with Crippen LogP contribution in [-0.4, -0.2) is 67.3 Å². The van der Waals surface area contributed by atoms with Crippen molar-refractivity contribution in [3.63, 3.8) is 0 Å². The molecule has 2 aromatic rings. The maximum absolute atomic E-state index is 9.37. The van der Waals surface area contributed by atoms with Crippen LogP contribution in [0.3, 0.4) is 0 Å². The van der Waals surface area contributed by atoms with Gasteiger partial charge < -0.3 is 24.2 Å². The summed E-state index contributed by atoms with van der Waals surface area (Å²) in [5.74, 6) is 1.73. The predicted octanol–water partition coefficient (Wildman–Crippen LogP) is 7.99. The van der Waals surface area contributed by atoms with Gasteiger partial charge in [-0.05, 0) is 81.1 Å². The van der Waals surface area contributed by atoms with Crippen molar-refractivity contribution < 1.29 is 24.2 Å². The zero-order chi connectivity index (χ0) is 28.7. The van der Waals surface area contributed by atoms with Crippen molar-refractivity contribution in [2.45, 2.75) is 84.5 Å². The van der Waals surface area contributed by atoms with Crippen molar-refractivity contribution in [3.8, 4) is 11.5 Å². The van der Waals surface area contributed by atoms with E-state index < -0.39 is 0 Å². The minimum absolute atomic E-state index is 0.185. The lowest BCUT2D eigenvalue weighted by molar-refractivity contribution is -0.927. The molecule has 40 heavy (non-hydrogen) atoms. The lowest BCUT2D eigenvalue weighted by Gasteiger charge is -2.37. The molecule has 7 nitrogen and oxygen atoms in total. The SMILES string of the molecule is CCCCCCCOc1ccc(N=Nc2ccc(OCCCCCCCC[N+](CC)(CCO)CCO)cc2)cc1. The van der Waals surface area contributed by atoms with Gasteiger partial charge in [0.25, 0.3) is 0 Å². The Morgan fingerprint density at radius 1 is 0.550 bits per heavy atom. The van der Waals surface area contributed by atoms with Gasteiger partial charge in [-0.1, -0.05) is 51.9 Å². The molecule has 2 rings (SSSR count). The summed E-state index contributed by atoms with van der Waals surface area (Å²) in [5.41, 5.74) is 1.60. The first-order chi connectivity index (χ1) is 19.6. The molecule has 2 N–H and O–H groups in total. The van der Waals surface area contributed by atoms with E-state index in [1.807, 2.05) is 48.5 Å². The van der Waals surface area contributed by atoms with Crippen LogP contribution in [0.4, 0.5) is 11.4 Å². The Morgan fingerprint density at radius 2 is 0.975 bits per heavy atom. The van der Waals surface area contributed by atoms with E-state index in [-0.39, 0.29) is 13.2 Å². The summed E-state index contributed by atoms with van der Waals surface area (Å²) in [6.07, 6.45) is 13.2. The molecule has 0 atom stereocenters. The fraction of sp³-hybridized carbons (Fsp3) is 0.636. The van der Waals surface area contributed by atoms with Crippen LogP contribution in [0.1, 0.15) is 84.5 Å². The number of quaternary nitrogens is 1. The third kappa shape index (κ3) is 14.2. The van der Waals surface area contributed by atoms with Crippen LogP contribution in [-0.2, 0) is 0 Å². The Bertz CT molecular complexity index is 897. The maximum Gasteiger partial charge on any atom is 0.119 e. The Hall–Kier alpha value is -2.48. The first-order valence-electron chi connectivity index (χ1n) is 15.6. The Morgan fingerprint density at radius 3 is 1.40 bits per heavy atom. The molecule has 0 radical (unpaired) electrons. The molecular weight excluding hydrogens is 502 g/mol. The average molecular weight is 557 g/mol. The molecule has 0 aliphatic carbocycles. The summed E-state index contributed by atoms with van der Waals surface area (Å²) in [6.45, 7) is 9.71. The standard InChI is InChI=1S/C33H54N3O4/c1-3-5-6-10-13-28-39-32-19-15-30(16-20-32)34-35-31-17-21-33(22-18-31)40-29-14-11-8-7-9-12-23-36(4-2,24-26-37)25-27-38/h15-22,37-38H,3-14,23-29H2,1-2H3/q+1. The van der Waals surface area contributed by atoms with Gasteiger partial charge in [0.05, 0.1) is 50.9 Å². The van der Waals surface area contributed by atoms with Gasteiger partial charge in [0.15, 0.2) is 0 Å². The maximum atomic E-state index is 9.37. The highest BCUT2D eigenvalue weighted by Gasteiger charge is 2.23. The van der Waals surface area contributed by atoms with E-state index in [9.17, 15) is 10.2 Å². The van der Waals surface area contributed by atoms with Crippen LogP contribution in [0.2, 0.25) is 0 Å². The molecular formula is C33H54N3O4+. The van der Waals surface area contributed by atoms with Crippen LogP contribution in [0.5, 0.6) is 11.5 Å². The van der Waals surface area contributed by atoms with E-state index >= 15 is 0 Å². The van der Waals surface area contributed by atoms with E-state index in [1.165, 1.54) is 44.9 Å². The van der Waals surface area contributed by atoms with Gasteiger partial charge in [-0.15, -0.1) is 0 Å². The van der Waals surface area contributed by atoms with Crippen LogP contribution in [0, 0.1) is 0 Å². The number of nitrogens with zero attached hydrogens (tertiary/aromatic N) is 3. The molecule has 0 saturated carbocycles. The lowest BCUT2D eigenvalue weighted by atomic mass is 10.1. The molecule has 0 aliphatic rings. The Labute approximate surface area is 242 Å². The number of hydrogen-bond donors (Lipinski definition) is 2. The number of likely N-dealkylation sites (N-methyl/N-ethyl adjacent to an activating group) is 1.